The van der Waals surface area contributed by atoms with Gasteiger partial charge < -0.3 is 5.21 Å². The van der Waals surface area contributed by atoms with Crippen molar-refractivity contribution in [2.75, 3.05) is 0 Å². The molecule has 0 radical (unpaired) electrons. The summed E-state index contributed by atoms with van der Waals surface area (Å²) in [6, 6.07) is 14.9. The fraction of sp³-hybridized carbons (Fsp3) is 0. The highest BCUT2D eigenvalue weighted by atomic mass is 32.2. The van der Waals surface area contributed by atoms with Crippen molar-refractivity contribution in [2.45, 2.75) is 9.92 Å². The Kier molecular flexibility index (Phi) is 3.70. The molecule has 0 bridgehead atoms. The van der Waals surface area contributed by atoms with Crippen LogP contribution in [0, 0.1) is 0 Å². The van der Waals surface area contributed by atoms with Gasteiger partial charge in [-0.25, -0.2) is 4.98 Å². The maximum Gasteiger partial charge on any atom is 0.267 e. The third-order valence-electron chi connectivity index (χ3n) is 2.88. The molecular formula is C15H11N3O2S. The summed E-state index contributed by atoms with van der Waals surface area (Å²) in [6.07, 6.45) is 2.76. The van der Waals surface area contributed by atoms with Gasteiger partial charge in [0.15, 0.2) is 0 Å². The number of fused-ring (bicyclic) bond motifs is 1. The van der Waals surface area contributed by atoms with E-state index in [1.807, 2.05) is 36.4 Å². The minimum atomic E-state index is -0.267. The summed E-state index contributed by atoms with van der Waals surface area (Å²) >= 11 is 1.36. The Hall–Kier alpha value is -2.60. The molecule has 1 N–H and O–H groups in total. The van der Waals surface area contributed by atoms with E-state index in [1.54, 1.807) is 18.3 Å². The molecule has 0 fully saturated rings. The molecule has 21 heavy (non-hydrogen) atoms. The molecule has 3 rings (SSSR count). The molecule has 0 amide bonds. The number of hydrogen-bond donors (Lipinski definition) is 1. The van der Waals surface area contributed by atoms with E-state index in [-0.39, 0.29) is 11.1 Å². The molecule has 0 saturated heterocycles. The van der Waals surface area contributed by atoms with Gasteiger partial charge in [-0.15, -0.1) is 0 Å². The van der Waals surface area contributed by atoms with Gasteiger partial charge >= 0.3 is 0 Å². The van der Waals surface area contributed by atoms with Crippen molar-refractivity contribution in [1.29, 1.82) is 0 Å². The van der Waals surface area contributed by atoms with Gasteiger partial charge in [0.1, 0.15) is 10.7 Å². The Morgan fingerprint density at radius 3 is 2.67 bits per heavy atom. The molecule has 5 nitrogen and oxygen atoms in total. The number of aromatic nitrogens is 2. The average Bonchev–Trinajstić information content (AvgIpc) is 2.52. The summed E-state index contributed by atoms with van der Waals surface area (Å²) in [5.74, 6) is 0. The molecule has 0 aliphatic carbocycles. The van der Waals surface area contributed by atoms with Crippen LogP contribution in [0.4, 0.5) is 0 Å². The standard InChI is InChI=1S/C15H11N3O2S/c19-15-12(10-16-20)14(21-11-6-2-1-3-7-11)17-13-8-4-5-9-18(13)15/h1-10,20H/b16-10-. The van der Waals surface area contributed by atoms with Crippen molar-refractivity contribution in [3.63, 3.8) is 0 Å². The summed E-state index contributed by atoms with van der Waals surface area (Å²) < 4.78 is 1.42. The molecule has 0 atom stereocenters. The van der Waals surface area contributed by atoms with Crippen molar-refractivity contribution in [3.05, 3.63) is 70.6 Å². The highest BCUT2D eigenvalue weighted by molar-refractivity contribution is 7.99. The summed E-state index contributed by atoms with van der Waals surface area (Å²) in [5, 5.41) is 12.3. The molecular weight excluding hydrogens is 286 g/mol. The first-order valence-corrected chi connectivity index (χ1v) is 7.03. The predicted molar refractivity (Wildman–Crippen MR) is 81.4 cm³/mol. The SMILES string of the molecule is O=c1c(/C=N\O)c(Sc2ccccc2)nc2ccccn12. The fourth-order valence-corrected chi connectivity index (χ4v) is 2.83. The van der Waals surface area contributed by atoms with Crippen LogP contribution in [0.5, 0.6) is 0 Å². The number of hydrogen-bond acceptors (Lipinski definition) is 5. The van der Waals surface area contributed by atoms with E-state index in [0.717, 1.165) is 11.1 Å². The van der Waals surface area contributed by atoms with Gasteiger partial charge in [0.05, 0.1) is 11.8 Å². The van der Waals surface area contributed by atoms with Crippen molar-refractivity contribution in [2.24, 2.45) is 5.16 Å². The summed E-state index contributed by atoms with van der Waals surface area (Å²) in [4.78, 5) is 17.9. The van der Waals surface area contributed by atoms with Crippen molar-refractivity contribution < 1.29 is 5.21 Å². The minimum absolute atomic E-state index is 0.259. The summed E-state index contributed by atoms with van der Waals surface area (Å²) in [6.45, 7) is 0. The van der Waals surface area contributed by atoms with Crippen LogP contribution >= 0.6 is 11.8 Å². The lowest BCUT2D eigenvalue weighted by molar-refractivity contribution is 0.321. The second-order valence-electron chi connectivity index (χ2n) is 4.22. The molecule has 0 aliphatic rings. The minimum Gasteiger partial charge on any atom is -0.411 e. The number of nitrogens with zero attached hydrogens (tertiary/aromatic N) is 3. The Morgan fingerprint density at radius 2 is 1.90 bits per heavy atom. The number of pyridine rings is 1. The molecule has 0 aliphatic heterocycles. The number of rotatable bonds is 3. The van der Waals surface area contributed by atoms with Crippen LogP contribution in [0.25, 0.3) is 5.65 Å². The Labute approximate surface area is 124 Å². The zero-order chi connectivity index (χ0) is 14.7. The highest BCUT2D eigenvalue weighted by Crippen LogP contribution is 2.27. The maximum absolute atomic E-state index is 12.4. The van der Waals surface area contributed by atoms with Crippen LogP contribution in [-0.4, -0.2) is 20.8 Å². The average molecular weight is 297 g/mol. The first-order chi connectivity index (χ1) is 10.3. The van der Waals surface area contributed by atoms with Crippen LogP contribution in [0.1, 0.15) is 5.56 Å². The van der Waals surface area contributed by atoms with Crippen molar-refractivity contribution in [1.82, 2.24) is 9.38 Å². The first-order valence-electron chi connectivity index (χ1n) is 6.21. The van der Waals surface area contributed by atoms with Gasteiger partial charge in [-0.3, -0.25) is 9.20 Å². The van der Waals surface area contributed by atoms with Gasteiger partial charge in [0, 0.05) is 11.1 Å². The van der Waals surface area contributed by atoms with Gasteiger partial charge in [0.25, 0.3) is 5.56 Å². The number of oxime groups is 1. The van der Waals surface area contributed by atoms with E-state index in [0.29, 0.717) is 10.7 Å². The van der Waals surface area contributed by atoms with E-state index in [1.165, 1.54) is 16.2 Å². The second kappa shape index (κ2) is 5.80. The van der Waals surface area contributed by atoms with E-state index < -0.39 is 0 Å². The highest BCUT2D eigenvalue weighted by Gasteiger charge is 2.12. The summed E-state index contributed by atoms with van der Waals surface area (Å²) in [5.41, 5.74) is 0.544. The van der Waals surface area contributed by atoms with Crippen LogP contribution in [0.2, 0.25) is 0 Å². The molecule has 2 aromatic heterocycles. The quantitative estimate of drug-likeness (QED) is 0.349. The molecule has 2 heterocycles. The van der Waals surface area contributed by atoms with E-state index in [9.17, 15) is 4.79 Å². The van der Waals surface area contributed by atoms with Gasteiger partial charge in [0.2, 0.25) is 0 Å². The van der Waals surface area contributed by atoms with Crippen LogP contribution in [0.15, 0.2) is 74.6 Å². The molecule has 0 spiro atoms. The normalized spacial score (nSPS) is 11.2. The summed E-state index contributed by atoms with van der Waals surface area (Å²) in [7, 11) is 0. The smallest absolute Gasteiger partial charge is 0.267 e. The topological polar surface area (TPSA) is 67.0 Å². The Balaban J connectivity index is 2.20. The largest absolute Gasteiger partial charge is 0.411 e. The third-order valence-corrected chi connectivity index (χ3v) is 3.89. The van der Waals surface area contributed by atoms with E-state index >= 15 is 0 Å². The maximum atomic E-state index is 12.4. The zero-order valence-electron chi connectivity index (χ0n) is 10.9. The lowest BCUT2D eigenvalue weighted by atomic mass is 10.3. The zero-order valence-corrected chi connectivity index (χ0v) is 11.7. The monoisotopic (exact) mass is 297 g/mol. The lowest BCUT2D eigenvalue weighted by Gasteiger charge is -2.07. The first kappa shape index (κ1) is 13.4. The molecule has 0 unspecified atom stereocenters. The third kappa shape index (κ3) is 2.66. The van der Waals surface area contributed by atoms with Crippen LogP contribution in [0.3, 0.4) is 0 Å². The molecule has 0 saturated carbocycles. The van der Waals surface area contributed by atoms with Crippen molar-refractivity contribution >= 4 is 23.6 Å². The van der Waals surface area contributed by atoms with Gasteiger partial charge in [-0.1, -0.05) is 41.2 Å². The Morgan fingerprint density at radius 1 is 1.14 bits per heavy atom. The Bertz CT molecular complexity index is 860. The molecule has 3 aromatic rings. The van der Waals surface area contributed by atoms with E-state index in [2.05, 4.69) is 10.1 Å². The molecule has 104 valence electrons. The van der Waals surface area contributed by atoms with E-state index in [4.69, 9.17) is 5.21 Å². The van der Waals surface area contributed by atoms with Crippen LogP contribution in [-0.2, 0) is 0 Å². The van der Waals surface area contributed by atoms with Gasteiger partial charge in [-0.2, -0.15) is 0 Å². The van der Waals surface area contributed by atoms with Crippen molar-refractivity contribution in [3.8, 4) is 0 Å². The fourth-order valence-electron chi connectivity index (χ4n) is 1.93. The number of benzene rings is 1. The molecule has 6 heteroatoms. The van der Waals surface area contributed by atoms with Gasteiger partial charge in [-0.05, 0) is 24.3 Å². The van der Waals surface area contributed by atoms with Crippen LogP contribution < -0.4 is 5.56 Å². The predicted octanol–water partition coefficient (Wildman–Crippen LogP) is 2.65. The lowest BCUT2D eigenvalue weighted by Crippen LogP contribution is -2.20. The second-order valence-corrected chi connectivity index (χ2v) is 5.29. The molecule has 1 aromatic carbocycles.